The van der Waals surface area contributed by atoms with Gasteiger partial charge in [0.05, 0.1) is 0 Å². The first-order chi connectivity index (χ1) is 7.53. The molecule has 0 amide bonds. The molecule has 16 heavy (non-hydrogen) atoms. The number of aliphatic carboxylic acids is 1. The molecule has 1 saturated carbocycles. The summed E-state index contributed by atoms with van der Waals surface area (Å²) in [6.07, 6.45) is 4.76. The van der Waals surface area contributed by atoms with Crippen LogP contribution in [-0.4, -0.2) is 47.7 Å². The molecule has 4 heteroatoms. The van der Waals surface area contributed by atoms with Crippen LogP contribution in [-0.2, 0) is 4.79 Å². The molecule has 0 heterocycles. The van der Waals surface area contributed by atoms with E-state index in [1.54, 1.807) is 14.0 Å². The molecule has 4 nitrogen and oxygen atoms in total. The average molecular weight is 228 g/mol. The highest BCUT2D eigenvalue weighted by Gasteiger charge is 2.38. The van der Waals surface area contributed by atoms with Crippen molar-refractivity contribution < 1.29 is 9.90 Å². The zero-order chi connectivity index (χ0) is 12.2. The van der Waals surface area contributed by atoms with Gasteiger partial charge in [-0.2, -0.15) is 0 Å². The quantitative estimate of drug-likeness (QED) is 0.658. The molecular formula is C12H24N2O2. The largest absolute Gasteiger partial charge is 0.480 e. The van der Waals surface area contributed by atoms with Crippen LogP contribution in [0.15, 0.2) is 0 Å². The van der Waals surface area contributed by atoms with Crippen LogP contribution in [0.5, 0.6) is 0 Å². The van der Waals surface area contributed by atoms with Crippen molar-refractivity contribution in [2.24, 2.45) is 0 Å². The first-order valence-electron chi connectivity index (χ1n) is 6.20. The maximum absolute atomic E-state index is 11.2. The lowest BCUT2D eigenvalue weighted by molar-refractivity contribution is -0.144. The minimum Gasteiger partial charge on any atom is -0.480 e. The number of nitrogens with zero attached hydrogens (tertiary/aromatic N) is 1. The van der Waals surface area contributed by atoms with Gasteiger partial charge in [0.15, 0.2) is 0 Å². The molecule has 0 aromatic heterocycles. The van der Waals surface area contributed by atoms with Crippen molar-refractivity contribution in [1.29, 1.82) is 0 Å². The fraction of sp³-hybridized carbons (Fsp3) is 0.917. The molecule has 0 saturated heterocycles. The molecule has 0 aliphatic heterocycles. The smallest absolute Gasteiger partial charge is 0.324 e. The van der Waals surface area contributed by atoms with Crippen molar-refractivity contribution in [3.8, 4) is 0 Å². The fourth-order valence-electron chi connectivity index (χ4n) is 1.85. The summed E-state index contributed by atoms with van der Waals surface area (Å²) in [4.78, 5) is 13.5. The van der Waals surface area contributed by atoms with Gasteiger partial charge in [0.2, 0.25) is 0 Å². The summed E-state index contributed by atoms with van der Waals surface area (Å²) in [7, 11) is 1.72. The number of carboxylic acids is 1. The molecule has 0 radical (unpaired) electrons. The summed E-state index contributed by atoms with van der Waals surface area (Å²) in [5, 5.41) is 12.1. The van der Waals surface area contributed by atoms with E-state index >= 15 is 0 Å². The minimum atomic E-state index is -0.823. The molecule has 1 fully saturated rings. The Labute approximate surface area is 98.0 Å². The van der Waals surface area contributed by atoms with Crippen molar-refractivity contribution in [1.82, 2.24) is 10.2 Å². The predicted octanol–water partition coefficient (Wildman–Crippen LogP) is 1.31. The predicted molar refractivity (Wildman–Crippen MR) is 64.6 cm³/mol. The Morgan fingerprint density at radius 1 is 1.56 bits per heavy atom. The van der Waals surface area contributed by atoms with Gasteiger partial charge in [-0.1, -0.05) is 13.3 Å². The van der Waals surface area contributed by atoms with Gasteiger partial charge < -0.3 is 10.4 Å². The number of hydrogen-bond acceptors (Lipinski definition) is 3. The van der Waals surface area contributed by atoms with Gasteiger partial charge in [-0.15, -0.1) is 0 Å². The van der Waals surface area contributed by atoms with Crippen LogP contribution in [0.1, 0.15) is 39.5 Å². The molecule has 1 atom stereocenters. The van der Waals surface area contributed by atoms with Crippen LogP contribution >= 0.6 is 0 Å². The zero-order valence-electron chi connectivity index (χ0n) is 10.6. The molecule has 94 valence electrons. The molecule has 1 aliphatic rings. The maximum atomic E-state index is 11.2. The standard InChI is InChI=1S/C12H24N2O2/c1-4-5-8-14(10-6-7-10)9-12(2,13-3)11(15)16/h10,13H,4-9H2,1-3H3,(H,15,16). The van der Waals surface area contributed by atoms with Gasteiger partial charge in [0.1, 0.15) is 5.54 Å². The van der Waals surface area contributed by atoms with E-state index in [1.807, 2.05) is 0 Å². The zero-order valence-corrected chi connectivity index (χ0v) is 10.6. The lowest BCUT2D eigenvalue weighted by atomic mass is 10.0. The third-order valence-electron chi connectivity index (χ3n) is 3.41. The van der Waals surface area contributed by atoms with Gasteiger partial charge in [-0.3, -0.25) is 9.69 Å². The van der Waals surface area contributed by atoms with E-state index in [-0.39, 0.29) is 0 Å². The second-order valence-corrected chi connectivity index (χ2v) is 4.94. The summed E-state index contributed by atoms with van der Waals surface area (Å²) < 4.78 is 0. The number of likely N-dealkylation sites (N-methyl/N-ethyl adjacent to an activating group) is 1. The monoisotopic (exact) mass is 228 g/mol. The minimum absolute atomic E-state index is 0.601. The molecule has 1 rings (SSSR count). The van der Waals surface area contributed by atoms with Crippen molar-refractivity contribution in [3.63, 3.8) is 0 Å². The van der Waals surface area contributed by atoms with E-state index in [9.17, 15) is 9.90 Å². The number of hydrogen-bond donors (Lipinski definition) is 2. The van der Waals surface area contributed by atoms with E-state index in [0.717, 1.165) is 19.4 Å². The number of nitrogens with one attached hydrogen (secondary N) is 1. The second-order valence-electron chi connectivity index (χ2n) is 4.94. The summed E-state index contributed by atoms with van der Waals surface area (Å²) in [6, 6.07) is 0.624. The Morgan fingerprint density at radius 2 is 2.19 bits per heavy atom. The highest BCUT2D eigenvalue weighted by Crippen LogP contribution is 2.28. The second kappa shape index (κ2) is 5.64. The lowest BCUT2D eigenvalue weighted by Gasteiger charge is -2.32. The number of carboxylic acid groups (broad SMARTS) is 1. The van der Waals surface area contributed by atoms with E-state index in [1.165, 1.54) is 12.8 Å². The van der Waals surface area contributed by atoms with Crippen LogP contribution in [0.25, 0.3) is 0 Å². The van der Waals surface area contributed by atoms with Crippen LogP contribution in [0, 0.1) is 0 Å². The number of carbonyl (C=O) groups is 1. The van der Waals surface area contributed by atoms with Crippen molar-refractivity contribution in [2.45, 2.75) is 51.1 Å². The third-order valence-corrected chi connectivity index (χ3v) is 3.41. The number of unbranched alkanes of at least 4 members (excludes halogenated alkanes) is 1. The summed E-state index contributed by atoms with van der Waals surface area (Å²) in [5.41, 5.74) is -0.823. The maximum Gasteiger partial charge on any atom is 0.324 e. The lowest BCUT2D eigenvalue weighted by Crippen LogP contribution is -2.56. The highest BCUT2D eigenvalue weighted by atomic mass is 16.4. The van der Waals surface area contributed by atoms with Gasteiger partial charge in [0, 0.05) is 12.6 Å². The molecule has 2 N–H and O–H groups in total. The molecule has 0 spiro atoms. The van der Waals surface area contributed by atoms with Gasteiger partial charge in [-0.05, 0) is 39.8 Å². The van der Waals surface area contributed by atoms with Gasteiger partial charge in [0.25, 0.3) is 0 Å². The van der Waals surface area contributed by atoms with E-state index in [4.69, 9.17) is 0 Å². The van der Waals surface area contributed by atoms with Crippen LogP contribution in [0.2, 0.25) is 0 Å². The Bertz CT molecular complexity index is 241. The molecule has 1 aliphatic carbocycles. The molecular weight excluding hydrogens is 204 g/mol. The fourth-order valence-corrected chi connectivity index (χ4v) is 1.85. The Kier molecular flexibility index (Phi) is 4.74. The normalized spacial score (nSPS) is 19.8. The summed E-state index contributed by atoms with van der Waals surface area (Å²) in [6.45, 7) is 5.55. The van der Waals surface area contributed by atoms with Crippen LogP contribution in [0.4, 0.5) is 0 Å². The topological polar surface area (TPSA) is 52.6 Å². The van der Waals surface area contributed by atoms with Crippen molar-refractivity contribution in [3.05, 3.63) is 0 Å². The molecule has 0 aromatic rings. The van der Waals surface area contributed by atoms with Crippen molar-refractivity contribution >= 4 is 5.97 Å². The Balaban J connectivity index is 2.54. The highest BCUT2D eigenvalue weighted by molar-refractivity contribution is 5.78. The van der Waals surface area contributed by atoms with E-state index in [0.29, 0.717) is 12.6 Å². The third kappa shape index (κ3) is 3.46. The average Bonchev–Trinajstić information content (AvgIpc) is 3.07. The number of rotatable bonds is 8. The first kappa shape index (κ1) is 13.5. The SMILES string of the molecule is CCCCN(CC(C)(NC)C(=O)O)C1CC1. The van der Waals surface area contributed by atoms with E-state index < -0.39 is 11.5 Å². The Hall–Kier alpha value is -0.610. The van der Waals surface area contributed by atoms with Gasteiger partial charge >= 0.3 is 5.97 Å². The van der Waals surface area contributed by atoms with Crippen molar-refractivity contribution in [2.75, 3.05) is 20.1 Å². The van der Waals surface area contributed by atoms with Gasteiger partial charge in [-0.25, -0.2) is 0 Å². The van der Waals surface area contributed by atoms with E-state index in [2.05, 4.69) is 17.1 Å². The van der Waals surface area contributed by atoms with Crippen LogP contribution < -0.4 is 5.32 Å². The summed E-state index contributed by atoms with van der Waals surface area (Å²) in [5.74, 6) is -0.767. The molecule has 0 aromatic carbocycles. The Morgan fingerprint density at radius 3 is 2.56 bits per heavy atom. The molecule has 0 bridgehead atoms. The summed E-state index contributed by atoms with van der Waals surface area (Å²) >= 11 is 0. The van der Waals surface area contributed by atoms with Crippen LogP contribution in [0.3, 0.4) is 0 Å². The first-order valence-corrected chi connectivity index (χ1v) is 6.20. The molecule has 1 unspecified atom stereocenters.